The van der Waals surface area contributed by atoms with E-state index in [4.69, 9.17) is 9.47 Å². The van der Waals surface area contributed by atoms with E-state index in [1.54, 1.807) is 17.9 Å². The van der Waals surface area contributed by atoms with Crippen molar-refractivity contribution in [1.82, 2.24) is 4.90 Å². The summed E-state index contributed by atoms with van der Waals surface area (Å²) in [4.78, 5) is 14.9. The number of aryl methyl sites for hydroxylation is 1. The van der Waals surface area contributed by atoms with Crippen LogP contribution in [0.5, 0.6) is 11.5 Å². The van der Waals surface area contributed by atoms with E-state index in [2.05, 4.69) is 5.32 Å². The highest BCUT2D eigenvalue weighted by Gasteiger charge is 2.36. The summed E-state index contributed by atoms with van der Waals surface area (Å²) in [5.41, 5.74) is 3.66. The Hall–Kier alpha value is -3.54. The van der Waals surface area contributed by atoms with Gasteiger partial charge in [-0.3, -0.25) is 4.79 Å². The summed E-state index contributed by atoms with van der Waals surface area (Å²) in [6.45, 7) is 2.31. The van der Waals surface area contributed by atoms with Crippen molar-refractivity contribution in [2.75, 3.05) is 12.1 Å². The molecule has 1 amide bonds. The number of hydrogen-bond acceptors (Lipinski definition) is 4. The van der Waals surface area contributed by atoms with E-state index in [1.807, 2.05) is 48.5 Å². The van der Waals surface area contributed by atoms with Crippen LogP contribution in [0.25, 0.3) is 0 Å². The molecular formula is C23H19FN2O3. The summed E-state index contributed by atoms with van der Waals surface area (Å²) >= 11 is 0. The molecule has 0 fully saturated rings. The van der Waals surface area contributed by atoms with Crippen LogP contribution in [0.4, 0.5) is 10.1 Å². The Morgan fingerprint density at radius 2 is 1.90 bits per heavy atom. The normalized spacial score (nSPS) is 16.8. The average molecular weight is 390 g/mol. The second-order valence-corrected chi connectivity index (χ2v) is 7.22. The number of anilines is 1. The zero-order chi connectivity index (χ0) is 20.0. The fourth-order valence-corrected chi connectivity index (χ4v) is 3.77. The Balaban J connectivity index is 1.48. The lowest BCUT2D eigenvalue weighted by molar-refractivity contribution is 0.0728. The third-order valence-corrected chi connectivity index (χ3v) is 5.32. The quantitative estimate of drug-likeness (QED) is 0.706. The van der Waals surface area contributed by atoms with Gasteiger partial charge in [-0.05, 0) is 48.4 Å². The molecule has 2 heterocycles. The molecule has 1 atom stereocenters. The molecule has 0 aliphatic carbocycles. The van der Waals surface area contributed by atoms with Gasteiger partial charge in [-0.25, -0.2) is 4.39 Å². The number of halogens is 1. The van der Waals surface area contributed by atoms with E-state index in [1.165, 1.54) is 6.07 Å². The highest BCUT2D eigenvalue weighted by atomic mass is 19.1. The van der Waals surface area contributed by atoms with Crippen molar-refractivity contribution in [3.8, 4) is 11.5 Å². The van der Waals surface area contributed by atoms with Gasteiger partial charge in [-0.1, -0.05) is 30.3 Å². The fraction of sp³-hybridized carbons (Fsp3) is 0.174. The van der Waals surface area contributed by atoms with Crippen molar-refractivity contribution < 1.29 is 18.7 Å². The number of nitrogens with one attached hydrogen (secondary N) is 1. The highest BCUT2D eigenvalue weighted by Crippen LogP contribution is 2.38. The monoisotopic (exact) mass is 390 g/mol. The smallest absolute Gasteiger partial charge is 0.256 e. The van der Waals surface area contributed by atoms with Crippen LogP contribution in [0.15, 0.2) is 60.7 Å². The summed E-state index contributed by atoms with van der Waals surface area (Å²) in [6, 6.07) is 18.2. The van der Waals surface area contributed by atoms with E-state index < -0.39 is 6.17 Å². The standard InChI is InChI=1S/C23H19FN2O3/c1-14-6-8-16(11-19(14)24)25-22-17-4-2-3-5-18(17)23(27)26(22)12-15-7-9-20-21(10-15)29-13-28-20/h2-11,22,25H,12-13H2,1H3. The number of hydrogen-bond donors (Lipinski definition) is 1. The van der Waals surface area contributed by atoms with Crippen LogP contribution < -0.4 is 14.8 Å². The predicted molar refractivity (Wildman–Crippen MR) is 106 cm³/mol. The number of amides is 1. The fourth-order valence-electron chi connectivity index (χ4n) is 3.77. The minimum absolute atomic E-state index is 0.0663. The maximum Gasteiger partial charge on any atom is 0.256 e. The van der Waals surface area contributed by atoms with Gasteiger partial charge >= 0.3 is 0 Å². The molecule has 29 heavy (non-hydrogen) atoms. The van der Waals surface area contributed by atoms with Crippen molar-refractivity contribution >= 4 is 11.6 Å². The third-order valence-electron chi connectivity index (χ3n) is 5.32. The lowest BCUT2D eigenvalue weighted by Gasteiger charge is -2.27. The maximum absolute atomic E-state index is 14.1. The van der Waals surface area contributed by atoms with Crippen LogP contribution >= 0.6 is 0 Å². The van der Waals surface area contributed by atoms with E-state index >= 15 is 0 Å². The van der Waals surface area contributed by atoms with Crippen LogP contribution in [0.1, 0.15) is 33.2 Å². The summed E-state index contributed by atoms with van der Waals surface area (Å²) in [5.74, 6) is 1.03. The molecular weight excluding hydrogens is 371 g/mol. The molecule has 2 aliphatic rings. The summed E-state index contributed by atoms with van der Waals surface area (Å²) < 4.78 is 24.9. The molecule has 6 heteroatoms. The summed E-state index contributed by atoms with van der Waals surface area (Å²) in [6.07, 6.45) is -0.397. The van der Waals surface area contributed by atoms with Crippen molar-refractivity contribution in [2.45, 2.75) is 19.6 Å². The van der Waals surface area contributed by atoms with Crippen molar-refractivity contribution in [3.63, 3.8) is 0 Å². The molecule has 0 radical (unpaired) electrons. The lowest BCUT2D eigenvalue weighted by Crippen LogP contribution is -2.31. The van der Waals surface area contributed by atoms with Gasteiger partial charge in [0.2, 0.25) is 6.79 Å². The van der Waals surface area contributed by atoms with Crippen molar-refractivity contribution in [2.24, 2.45) is 0 Å². The van der Waals surface area contributed by atoms with Crippen LogP contribution in [0.2, 0.25) is 0 Å². The van der Waals surface area contributed by atoms with E-state index in [9.17, 15) is 9.18 Å². The van der Waals surface area contributed by atoms with Gasteiger partial charge in [0.15, 0.2) is 11.5 Å². The Kier molecular flexibility index (Phi) is 4.12. The van der Waals surface area contributed by atoms with Gasteiger partial charge in [-0.2, -0.15) is 0 Å². The Morgan fingerprint density at radius 3 is 2.76 bits per heavy atom. The number of carbonyl (C=O) groups is 1. The van der Waals surface area contributed by atoms with Crippen molar-refractivity contribution in [1.29, 1.82) is 0 Å². The van der Waals surface area contributed by atoms with Crippen LogP contribution in [0.3, 0.4) is 0 Å². The molecule has 3 aromatic carbocycles. The minimum Gasteiger partial charge on any atom is -0.454 e. The number of carbonyl (C=O) groups excluding carboxylic acids is 1. The lowest BCUT2D eigenvalue weighted by atomic mass is 10.1. The first kappa shape index (κ1) is 17.6. The number of fused-ring (bicyclic) bond motifs is 2. The first-order valence-electron chi connectivity index (χ1n) is 9.41. The van der Waals surface area contributed by atoms with Gasteiger partial charge in [0.25, 0.3) is 5.91 Å². The molecule has 0 saturated carbocycles. The Bertz CT molecular complexity index is 1120. The van der Waals surface area contributed by atoms with E-state index in [0.29, 0.717) is 34.9 Å². The van der Waals surface area contributed by atoms with Crippen LogP contribution in [0, 0.1) is 12.7 Å². The molecule has 0 spiro atoms. The molecule has 0 bridgehead atoms. The largest absolute Gasteiger partial charge is 0.454 e. The van der Waals surface area contributed by atoms with Crippen LogP contribution in [-0.2, 0) is 6.54 Å². The van der Waals surface area contributed by atoms with Crippen molar-refractivity contribution in [3.05, 3.63) is 88.7 Å². The maximum atomic E-state index is 14.1. The van der Waals surface area contributed by atoms with Gasteiger partial charge in [0.05, 0.1) is 0 Å². The molecule has 3 aromatic rings. The number of benzene rings is 3. The van der Waals surface area contributed by atoms with E-state index in [-0.39, 0.29) is 18.5 Å². The number of ether oxygens (including phenoxy) is 2. The molecule has 2 aliphatic heterocycles. The predicted octanol–water partition coefficient (Wildman–Crippen LogP) is 4.63. The number of nitrogens with zero attached hydrogens (tertiary/aromatic N) is 1. The summed E-state index contributed by atoms with van der Waals surface area (Å²) in [7, 11) is 0. The molecule has 0 saturated heterocycles. The van der Waals surface area contributed by atoms with Gasteiger partial charge < -0.3 is 19.7 Å². The van der Waals surface area contributed by atoms with Crippen LogP contribution in [-0.4, -0.2) is 17.6 Å². The molecule has 1 unspecified atom stereocenters. The SMILES string of the molecule is Cc1ccc(NC2c3ccccc3C(=O)N2Cc2ccc3c(c2)OCO3)cc1F. The van der Waals surface area contributed by atoms with E-state index in [0.717, 1.165) is 11.1 Å². The van der Waals surface area contributed by atoms with Gasteiger partial charge in [0, 0.05) is 23.4 Å². The first-order chi connectivity index (χ1) is 14.1. The minimum atomic E-state index is -0.397. The summed E-state index contributed by atoms with van der Waals surface area (Å²) in [5, 5.41) is 3.33. The second-order valence-electron chi connectivity index (χ2n) is 7.22. The Morgan fingerprint density at radius 1 is 1.07 bits per heavy atom. The molecule has 5 rings (SSSR count). The number of rotatable bonds is 4. The van der Waals surface area contributed by atoms with Gasteiger partial charge in [0.1, 0.15) is 12.0 Å². The molecule has 5 nitrogen and oxygen atoms in total. The first-order valence-corrected chi connectivity index (χ1v) is 9.41. The Labute approximate surface area is 167 Å². The third kappa shape index (κ3) is 3.06. The highest BCUT2D eigenvalue weighted by molar-refractivity contribution is 5.99. The second kappa shape index (κ2) is 6.81. The molecule has 1 N–H and O–H groups in total. The zero-order valence-electron chi connectivity index (χ0n) is 15.8. The van der Waals surface area contributed by atoms with Gasteiger partial charge in [-0.15, -0.1) is 0 Å². The molecule has 0 aromatic heterocycles. The zero-order valence-corrected chi connectivity index (χ0v) is 15.8. The molecule has 146 valence electrons. The average Bonchev–Trinajstić information content (AvgIpc) is 3.29. The topological polar surface area (TPSA) is 50.8 Å².